The molecule has 1 heterocycles. The first kappa shape index (κ1) is 13.1. The summed E-state index contributed by atoms with van der Waals surface area (Å²) in [7, 11) is 0. The van der Waals surface area contributed by atoms with Crippen molar-refractivity contribution in [2.75, 3.05) is 6.54 Å². The molecule has 1 unspecified atom stereocenters. The molecule has 3 heteroatoms. The van der Waals surface area contributed by atoms with E-state index in [1.807, 2.05) is 24.8 Å². The highest BCUT2D eigenvalue weighted by atomic mass is 16.3. The van der Waals surface area contributed by atoms with Gasteiger partial charge >= 0.3 is 0 Å². The summed E-state index contributed by atoms with van der Waals surface area (Å²) in [5, 5.41) is 10.1. The molecule has 1 atom stereocenters. The van der Waals surface area contributed by atoms with Crippen molar-refractivity contribution in [3.8, 4) is 0 Å². The van der Waals surface area contributed by atoms with Gasteiger partial charge in [0.1, 0.15) is 0 Å². The van der Waals surface area contributed by atoms with Crippen molar-refractivity contribution in [2.24, 2.45) is 5.92 Å². The Kier molecular flexibility index (Phi) is 3.71. The predicted octanol–water partition coefficient (Wildman–Crippen LogP) is 2.28. The highest BCUT2D eigenvalue weighted by molar-refractivity contribution is 5.73. The standard InChI is InChI=1S/C15H21NO2/c1-10(2)15(18)13-5-4-12-6-7-16(11(3)17)9-14(12)8-13/h4-5,8,10,15,18H,6-7,9H2,1-3H3. The van der Waals surface area contributed by atoms with Gasteiger partial charge < -0.3 is 10.0 Å². The Labute approximate surface area is 108 Å². The number of carbonyl (C=O) groups excluding carboxylic acids is 1. The van der Waals surface area contributed by atoms with Gasteiger partial charge in [-0.25, -0.2) is 0 Å². The van der Waals surface area contributed by atoms with Crippen LogP contribution in [-0.4, -0.2) is 22.5 Å². The third kappa shape index (κ3) is 2.56. The summed E-state index contributed by atoms with van der Waals surface area (Å²) < 4.78 is 0. The molecule has 0 bridgehead atoms. The second kappa shape index (κ2) is 5.11. The maximum Gasteiger partial charge on any atom is 0.219 e. The summed E-state index contributed by atoms with van der Waals surface area (Å²) in [6.45, 7) is 7.09. The highest BCUT2D eigenvalue weighted by Crippen LogP contribution is 2.26. The van der Waals surface area contributed by atoms with E-state index in [2.05, 4.69) is 12.1 Å². The maximum absolute atomic E-state index is 11.4. The lowest BCUT2D eigenvalue weighted by Crippen LogP contribution is -2.34. The molecule has 1 aliphatic heterocycles. The monoisotopic (exact) mass is 247 g/mol. The van der Waals surface area contributed by atoms with Gasteiger partial charge in [-0.2, -0.15) is 0 Å². The Morgan fingerprint density at radius 1 is 1.33 bits per heavy atom. The fourth-order valence-electron chi connectivity index (χ4n) is 2.41. The second-order valence-corrected chi connectivity index (χ2v) is 5.41. The smallest absolute Gasteiger partial charge is 0.219 e. The maximum atomic E-state index is 11.4. The van der Waals surface area contributed by atoms with E-state index < -0.39 is 6.10 Å². The van der Waals surface area contributed by atoms with Gasteiger partial charge in [-0.1, -0.05) is 32.0 Å². The summed E-state index contributed by atoms with van der Waals surface area (Å²) in [6, 6.07) is 6.15. The third-order valence-corrected chi connectivity index (χ3v) is 3.66. The lowest BCUT2D eigenvalue weighted by molar-refractivity contribution is -0.129. The number of carbonyl (C=O) groups is 1. The van der Waals surface area contributed by atoms with Crippen molar-refractivity contribution >= 4 is 5.91 Å². The summed E-state index contributed by atoms with van der Waals surface area (Å²) in [5.74, 6) is 0.325. The van der Waals surface area contributed by atoms with Gasteiger partial charge in [0.25, 0.3) is 0 Å². The molecule has 1 amide bonds. The molecular formula is C15H21NO2. The van der Waals surface area contributed by atoms with Crippen molar-refractivity contribution in [2.45, 2.75) is 39.8 Å². The zero-order valence-corrected chi connectivity index (χ0v) is 11.3. The van der Waals surface area contributed by atoms with Crippen molar-refractivity contribution in [1.82, 2.24) is 4.90 Å². The fourth-order valence-corrected chi connectivity index (χ4v) is 2.41. The van der Waals surface area contributed by atoms with Crippen LogP contribution in [-0.2, 0) is 17.8 Å². The molecule has 0 aliphatic carbocycles. The molecule has 18 heavy (non-hydrogen) atoms. The number of aliphatic hydroxyl groups is 1. The van der Waals surface area contributed by atoms with Gasteiger partial charge in [0.05, 0.1) is 6.10 Å². The molecule has 98 valence electrons. The molecule has 3 nitrogen and oxygen atoms in total. The molecule has 0 radical (unpaired) electrons. The topological polar surface area (TPSA) is 40.5 Å². The molecule has 1 aliphatic rings. The average molecular weight is 247 g/mol. The van der Waals surface area contributed by atoms with Gasteiger partial charge in [-0.3, -0.25) is 4.79 Å². The van der Waals surface area contributed by atoms with E-state index in [0.29, 0.717) is 6.54 Å². The van der Waals surface area contributed by atoms with Crippen molar-refractivity contribution < 1.29 is 9.90 Å². The van der Waals surface area contributed by atoms with Crippen LogP contribution in [0.3, 0.4) is 0 Å². The summed E-state index contributed by atoms with van der Waals surface area (Å²) >= 11 is 0. The Morgan fingerprint density at radius 2 is 2.06 bits per heavy atom. The molecule has 1 aromatic carbocycles. The van der Waals surface area contributed by atoms with E-state index in [1.54, 1.807) is 6.92 Å². The quantitative estimate of drug-likeness (QED) is 0.871. The molecule has 1 aromatic rings. The predicted molar refractivity (Wildman–Crippen MR) is 71.0 cm³/mol. The lowest BCUT2D eigenvalue weighted by atomic mass is 9.92. The third-order valence-electron chi connectivity index (χ3n) is 3.66. The van der Waals surface area contributed by atoms with Crippen molar-refractivity contribution in [3.05, 3.63) is 34.9 Å². The Bertz CT molecular complexity index is 454. The van der Waals surface area contributed by atoms with Crippen molar-refractivity contribution in [3.63, 3.8) is 0 Å². The molecular weight excluding hydrogens is 226 g/mol. The zero-order chi connectivity index (χ0) is 13.3. The number of benzene rings is 1. The van der Waals surface area contributed by atoms with E-state index in [1.165, 1.54) is 11.1 Å². The van der Waals surface area contributed by atoms with Gasteiger partial charge in [0.15, 0.2) is 0 Å². The first-order valence-electron chi connectivity index (χ1n) is 6.54. The minimum Gasteiger partial charge on any atom is -0.388 e. The van der Waals surface area contributed by atoms with Crippen molar-refractivity contribution in [1.29, 1.82) is 0 Å². The van der Waals surface area contributed by atoms with Crippen LogP contribution in [0.25, 0.3) is 0 Å². The summed E-state index contributed by atoms with van der Waals surface area (Å²) in [5.41, 5.74) is 3.43. The number of nitrogens with zero attached hydrogens (tertiary/aromatic N) is 1. The molecule has 0 aromatic heterocycles. The zero-order valence-electron chi connectivity index (χ0n) is 11.3. The van der Waals surface area contributed by atoms with E-state index in [0.717, 1.165) is 18.5 Å². The van der Waals surface area contributed by atoms with E-state index in [-0.39, 0.29) is 11.8 Å². The number of fused-ring (bicyclic) bond motifs is 1. The minimum atomic E-state index is -0.428. The first-order valence-corrected chi connectivity index (χ1v) is 6.54. The lowest BCUT2D eigenvalue weighted by Gasteiger charge is -2.29. The number of hydrogen-bond acceptors (Lipinski definition) is 2. The largest absolute Gasteiger partial charge is 0.388 e. The Hall–Kier alpha value is -1.35. The second-order valence-electron chi connectivity index (χ2n) is 5.41. The van der Waals surface area contributed by atoms with Gasteiger partial charge in [0, 0.05) is 20.0 Å². The molecule has 2 rings (SSSR count). The molecule has 0 saturated carbocycles. The van der Waals surface area contributed by atoms with Crippen LogP contribution >= 0.6 is 0 Å². The SMILES string of the molecule is CC(=O)N1CCc2ccc(C(O)C(C)C)cc2C1. The van der Waals surface area contributed by atoms with Crippen LogP contribution < -0.4 is 0 Å². The minimum absolute atomic E-state index is 0.121. The van der Waals surface area contributed by atoms with Crippen LogP contribution in [0.2, 0.25) is 0 Å². The van der Waals surface area contributed by atoms with Crippen LogP contribution in [0.5, 0.6) is 0 Å². The number of aliphatic hydroxyl groups excluding tert-OH is 1. The number of amides is 1. The van der Waals surface area contributed by atoms with Crippen LogP contribution in [0.15, 0.2) is 18.2 Å². The number of rotatable bonds is 2. The van der Waals surface area contributed by atoms with Crippen LogP contribution in [0.1, 0.15) is 43.6 Å². The molecule has 1 N–H and O–H groups in total. The van der Waals surface area contributed by atoms with E-state index in [9.17, 15) is 9.90 Å². The van der Waals surface area contributed by atoms with Gasteiger partial charge in [0.2, 0.25) is 5.91 Å². The van der Waals surface area contributed by atoms with Crippen LogP contribution in [0, 0.1) is 5.92 Å². The van der Waals surface area contributed by atoms with E-state index >= 15 is 0 Å². The average Bonchev–Trinajstić information content (AvgIpc) is 2.36. The first-order chi connectivity index (χ1) is 8.49. The fraction of sp³-hybridized carbons (Fsp3) is 0.533. The molecule has 0 saturated heterocycles. The molecule has 0 fully saturated rings. The van der Waals surface area contributed by atoms with Crippen LogP contribution in [0.4, 0.5) is 0 Å². The summed E-state index contributed by atoms with van der Waals surface area (Å²) in [6.07, 6.45) is 0.482. The Morgan fingerprint density at radius 3 is 2.67 bits per heavy atom. The number of hydrogen-bond donors (Lipinski definition) is 1. The summed E-state index contributed by atoms with van der Waals surface area (Å²) in [4.78, 5) is 13.3. The Balaban J connectivity index is 2.26. The van der Waals surface area contributed by atoms with E-state index in [4.69, 9.17) is 0 Å². The normalized spacial score (nSPS) is 16.6. The highest BCUT2D eigenvalue weighted by Gasteiger charge is 2.20. The van der Waals surface area contributed by atoms with Gasteiger partial charge in [-0.15, -0.1) is 0 Å². The van der Waals surface area contributed by atoms with Gasteiger partial charge in [-0.05, 0) is 29.0 Å². The molecule has 0 spiro atoms.